The van der Waals surface area contributed by atoms with E-state index < -0.39 is 0 Å². The van der Waals surface area contributed by atoms with Crippen LogP contribution in [-0.4, -0.2) is 26.6 Å². The van der Waals surface area contributed by atoms with Crippen molar-refractivity contribution in [2.75, 3.05) is 17.7 Å². The van der Waals surface area contributed by atoms with E-state index in [-0.39, 0.29) is 5.82 Å². The topological polar surface area (TPSA) is 72.9 Å². The third-order valence-electron chi connectivity index (χ3n) is 2.46. The summed E-state index contributed by atoms with van der Waals surface area (Å²) in [4.78, 5) is 14.1. The summed E-state index contributed by atoms with van der Waals surface area (Å²) in [6.07, 6.45) is 5.03. The van der Waals surface area contributed by atoms with Crippen LogP contribution in [0.15, 0.2) is 18.7 Å². The van der Waals surface area contributed by atoms with Crippen molar-refractivity contribution in [2.45, 2.75) is 6.54 Å². The highest BCUT2D eigenvalue weighted by Gasteiger charge is 2.12. The third-order valence-corrected chi connectivity index (χ3v) is 2.82. The summed E-state index contributed by atoms with van der Waals surface area (Å²) >= 11 is 6.05. The van der Waals surface area contributed by atoms with E-state index in [1.54, 1.807) is 6.20 Å². The molecule has 0 fully saturated rings. The van der Waals surface area contributed by atoms with Gasteiger partial charge in [0.05, 0.1) is 6.54 Å². The molecule has 0 atom stereocenters. The van der Waals surface area contributed by atoms with Crippen molar-refractivity contribution in [3.05, 3.63) is 29.6 Å². The first-order valence-electron chi connectivity index (χ1n) is 5.03. The van der Waals surface area contributed by atoms with Gasteiger partial charge in [-0.1, -0.05) is 11.6 Å². The number of halogens is 1. The van der Waals surface area contributed by atoms with Gasteiger partial charge in [-0.25, -0.2) is 15.0 Å². The number of rotatable bonds is 3. The Morgan fingerprint density at radius 3 is 2.82 bits per heavy atom. The molecule has 0 aliphatic carbocycles. The van der Waals surface area contributed by atoms with Gasteiger partial charge in [0.2, 0.25) is 0 Å². The Morgan fingerprint density at radius 2 is 2.18 bits per heavy atom. The number of nitrogen functional groups attached to an aromatic ring is 1. The lowest BCUT2D eigenvalue weighted by Gasteiger charge is -2.19. The van der Waals surface area contributed by atoms with Crippen molar-refractivity contribution in [3.63, 3.8) is 0 Å². The van der Waals surface area contributed by atoms with E-state index >= 15 is 0 Å². The molecule has 90 valence electrons. The van der Waals surface area contributed by atoms with Crippen LogP contribution in [-0.2, 0) is 13.6 Å². The fraction of sp³-hybridized carbons (Fsp3) is 0.300. The second kappa shape index (κ2) is 4.58. The molecule has 2 heterocycles. The predicted octanol–water partition coefficient (Wildman–Crippen LogP) is 1.08. The Morgan fingerprint density at radius 1 is 1.41 bits per heavy atom. The minimum absolute atomic E-state index is 0.281. The van der Waals surface area contributed by atoms with Gasteiger partial charge in [0.25, 0.3) is 0 Å². The van der Waals surface area contributed by atoms with E-state index in [9.17, 15) is 0 Å². The van der Waals surface area contributed by atoms with Gasteiger partial charge < -0.3 is 15.2 Å². The Balaban J connectivity index is 2.23. The van der Waals surface area contributed by atoms with Crippen LogP contribution < -0.4 is 10.6 Å². The smallest absolute Gasteiger partial charge is 0.153 e. The van der Waals surface area contributed by atoms with Crippen LogP contribution in [0.2, 0.25) is 5.02 Å². The van der Waals surface area contributed by atoms with Crippen molar-refractivity contribution in [2.24, 2.45) is 7.05 Å². The zero-order chi connectivity index (χ0) is 12.4. The van der Waals surface area contributed by atoms with E-state index in [0.717, 1.165) is 5.82 Å². The van der Waals surface area contributed by atoms with Crippen LogP contribution in [0, 0.1) is 0 Å². The molecule has 2 rings (SSSR count). The van der Waals surface area contributed by atoms with Gasteiger partial charge in [0.1, 0.15) is 23.0 Å². The van der Waals surface area contributed by atoms with E-state index in [0.29, 0.717) is 17.4 Å². The number of nitrogens with two attached hydrogens (primary N) is 1. The average molecular weight is 253 g/mol. The normalized spacial score (nSPS) is 10.5. The second-order valence-electron chi connectivity index (χ2n) is 3.71. The Bertz CT molecular complexity index is 523. The second-order valence-corrected chi connectivity index (χ2v) is 4.08. The molecule has 0 aromatic carbocycles. The van der Waals surface area contributed by atoms with Crippen molar-refractivity contribution in [3.8, 4) is 0 Å². The highest BCUT2D eigenvalue weighted by atomic mass is 35.5. The summed E-state index contributed by atoms with van der Waals surface area (Å²) < 4.78 is 1.94. The van der Waals surface area contributed by atoms with E-state index in [2.05, 4.69) is 15.0 Å². The number of hydrogen-bond acceptors (Lipinski definition) is 5. The Hall–Kier alpha value is -1.82. The molecule has 0 radical (unpaired) electrons. The molecule has 0 amide bonds. The molecular weight excluding hydrogens is 240 g/mol. The summed E-state index contributed by atoms with van der Waals surface area (Å²) in [7, 11) is 3.81. The molecule has 0 saturated heterocycles. The van der Waals surface area contributed by atoms with Gasteiger partial charge >= 0.3 is 0 Å². The number of aromatic nitrogens is 4. The first kappa shape index (κ1) is 11.7. The van der Waals surface area contributed by atoms with Crippen LogP contribution in [0.4, 0.5) is 11.6 Å². The summed E-state index contributed by atoms with van der Waals surface area (Å²) in [6.45, 7) is 0.597. The zero-order valence-corrected chi connectivity index (χ0v) is 10.4. The quantitative estimate of drug-likeness (QED) is 0.885. The minimum Gasteiger partial charge on any atom is -0.382 e. The molecule has 7 heteroatoms. The van der Waals surface area contributed by atoms with Crippen LogP contribution >= 0.6 is 11.6 Å². The van der Waals surface area contributed by atoms with Crippen LogP contribution in [0.3, 0.4) is 0 Å². The maximum atomic E-state index is 6.05. The molecule has 0 aliphatic heterocycles. The fourth-order valence-corrected chi connectivity index (χ4v) is 1.72. The van der Waals surface area contributed by atoms with Gasteiger partial charge in [0.15, 0.2) is 5.82 Å². The monoisotopic (exact) mass is 252 g/mol. The fourth-order valence-electron chi connectivity index (χ4n) is 1.48. The van der Waals surface area contributed by atoms with E-state index in [4.69, 9.17) is 17.3 Å². The molecule has 2 aromatic rings. The first-order valence-corrected chi connectivity index (χ1v) is 5.40. The van der Waals surface area contributed by atoms with Gasteiger partial charge in [-0.15, -0.1) is 0 Å². The number of imidazole rings is 1. The summed E-state index contributed by atoms with van der Waals surface area (Å²) in [5.41, 5.74) is 5.63. The molecule has 0 aliphatic rings. The van der Waals surface area contributed by atoms with Gasteiger partial charge in [-0.05, 0) is 0 Å². The average Bonchev–Trinajstić information content (AvgIpc) is 2.68. The lowest BCUT2D eigenvalue weighted by molar-refractivity contribution is 0.754. The molecule has 0 spiro atoms. The molecule has 0 saturated carbocycles. The maximum absolute atomic E-state index is 6.05. The lowest BCUT2D eigenvalue weighted by atomic mass is 10.4. The van der Waals surface area contributed by atoms with Crippen LogP contribution in [0.5, 0.6) is 0 Å². The largest absolute Gasteiger partial charge is 0.382 e. The molecule has 0 bridgehead atoms. The highest BCUT2D eigenvalue weighted by molar-refractivity contribution is 6.35. The van der Waals surface area contributed by atoms with Crippen molar-refractivity contribution >= 4 is 23.2 Å². The summed E-state index contributed by atoms with van der Waals surface area (Å²) in [5.74, 6) is 1.80. The third kappa shape index (κ3) is 2.31. The molecule has 2 aromatic heterocycles. The first-order chi connectivity index (χ1) is 8.09. The Labute approximate surface area is 104 Å². The van der Waals surface area contributed by atoms with Crippen LogP contribution in [0.25, 0.3) is 0 Å². The lowest BCUT2D eigenvalue weighted by Crippen LogP contribution is -2.21. The van der Waals surface area contributed by atoms with E-state index in [1.807, 2.05) is 29.8 Å². The van der Waals surface area contributed by atoms with Crippen molar-refractivity contribution in [1.29, 1.82) is 0 Å². The number of aryl methyl sites for hydroxylation is 1. The van der Waals surface area contributed by atoms with E-state index in [1.165, 1.54) is 6.33 Å². The minimum atomic E-state index is 0.281. The van der Waals surface area contributed by atoms with Crippen molar-refractivity contribution < 1.29 is 0 Å². The number of hydrogen-bond donors (Lipinski definition) is 1. The molecular formula is C10H13ClN6. The maximum Gasteiger partial charge on any atom is 0.153 e. The molecule has 6 nitrogen and oxygen atoms in total. The van der Waals surface area contributed by atoms with Gasteiger partial charge in [-0.2, -0.15) is 0 Å². The SMILES string of the molecule is CN(Cc1nccn1C)c1ncnc(N)c1Cl. The van der Waals surface area contributed by atoms with Gasteiger partial charge in [-0.3, -0.25) is 0 Å². The van der Waals surface area contributed by atoms with Crippen LogP contribution in [0.1, 0.15) is 5.82 Å². The molecule has 2 N–H and O–H groups in total. The molecule has 17 heavy (non-hydrogen) atoms. The highest BCUT2D eigenvalue weighted by Crippen LogP contribution is 2.26. The summed E-state index contributed by atoms with van der Waals surface area (Å²) in [6, 6.07) is 0. The predicted molar refractivity (Wildman–Crippen MR) is 66.8 cm³/mol. The number of nitrogens with zero attached hydrogens (tertiary/aromatic N) is 5. The van der Waals surface area contributed by atoms with Crippen molar-refractivity contribution in [1.82, 2.24) is 19.5 Å². The number of anilines is 2. The molecule has 0 unspecified atom stereocenters. The standard InChI is InChI=1S/C10H13ClN6/c1-16-4-3-13-7(16)5-17(2)10-8(11)9(12)14-6-15-10/h3-4,6H,5H2,1-2H3,(H2,12,14,15). The zero-order valence-electron chi connectivity index (χ0n) is 9.63. The Kier molecular flexibility index (Phi) is 3.14. The van der Waals surface area contributed by atoms with Gasteiger partial charge in [0, 0.05) is 26.5 Å². The summed E-state index contributed by atoms with van der Waals surface area (Å²) in [5, 5.41) is 0.365.